The second-order valence-electron chi connectivity index (χ2n) is 7.55. The number of benzene rings is 2. The van der Waals surface area contributed by atoms with Gasteiger partial charge in [0.1, 0.15) is 18.1 Å². The van der Waals surface area contributed by atoms with Crippen LogP contribution in [0.5, 0.6) is 11.5 Å². The fourth-order valence-corrected chi connectivity index (χ4v) is 3.34. The maximum absolute atomic E-state index is 12.4. The lowest BCUT2D eigenvalue weighted by atomic mass is 10.1. The number of hydrogen-bond donors (Lipinski definition) is 2. The van der Waals surface area contributed by atoms with Crippen molar-refractivity contribution in [3.05, 3.63) is 59.5 Å². The van der Waals surface area contributed by atoms with Gasteiger partial charge in [-0.2, -0.15) is 0 Å². The van der Waals surface area contributed by atoms with Gasteiger partial charge in [0.05, 0.1) is 20.8 Å². The second-order valence-corrected chi connectivity index (χ2v) is 7.55. The van der Waals surface area contributed by atoms with Gasteiger partial charge in [-0.1, -0.05) is 12.1 Å². The van der Waals surface area contributed by atoms with Crippen LogP contribution in [-0.2, 0) is 27.3 Å². The van der Waals surface area contributed by atoms with Crippen molar-refractivity contribution in [2.24, 2.45) is 0 Å². The van der Waals surface area contributed by atoms with Crippen molar-refractivity contribution >= 4 is 17.5 Å². The number of anilines is 1. The van der Waals surface area contributed by atoms with E-state index < -0.39 is 0 Å². The number of carbonyl (C=O) groups excluding carboxylic acids is 2. The molecular formula is C25H29N3O6. The number of nitrogens with one attached hydrogen (secondary N) is 2. The van der Waals surface area contributed by atoms with Crippen LogP contribution in [0.15, 0.2) is 46.9 Å². The quantitative estimate of drug-likeness (QED) is 0.444. The first-order valence-corrected chi connectivity index (χ1v) is 10.8. The highest BCUT2D eigenvalue weighted by Gasteiger charge is 2.14. The van der Waals surface area contributed by atoms with Crippen LogP contribution < -0.4 is 20.1 Å². The van der Waals surface area contributed by atoms with Gasteiger partial charge in [-0.15, -0.1) is 0 Å². The molecule has 9 nitrogen and oxygen atoms in total. The van der Waals surface area contributed by atoms with Gasteiger partial charge in [0.25, 0.3) is 0 Å². The summed E-state index contributed by atoms with van der Waals surface area (Å²) in [7, 11) is 4.62. The summed E-state index contributed by atoms with van der Waals surface area (Å²) in [5, 5.41) is 5.64. The van der Waals surface area contributed by atoms with Crippen molar-refractivity contribution in [2.45, 2.75) is 26.3 Å². The van der Waals surface area contributed by atoms with Crippen molar-refractivity contribution < 1.29 is 28.2 Å². The number of hydrogen-bond acceptors (Lipinski definition) is 7. The summed E-state index contributed by atoms with van der Waals surface area (Å²) < 4.78 is 21.2. The van der Waals surface area contributed by atoms with Gasteiger partial charge >= 0.3 is 0 Å². The summed E-state index contributed by atoms with van der Waals surface area (Å²) in [6.45, 7) is 2.02. The molecule has 3 aromatic rings. The largest absolute Gasteiger partial charge is 0.493 e. The molecule has 2 aromatic carbocycles. The lowest BCUT2D eigenvalue weighted by Crippen LogP contribution is -2.23. The Bertz CT molecular complexity index is 1140. The Morgan fingerprint density at radius 3 is 2.53 bits per heavy atom. The fraction of sp³-hybridized carbons (Fsp3) is 0.320. The first-order chi connectivity index (χ1) is 16.4. The van der Waals surface area contributed by atoms with Gasteiger partial charge < -0.3 is 29.3 Å². The number of nitrogens with zero attached hydrogens (tertiary/aromatic N) is 1. The number of carbonyl (C=O) groups is 2. The van der Waals surface area contributed by atoms with Crippen molar-refractivity contribution in [2.75, 3.05) is 33.3 Å². The molecule has 0 spiro atoms. The zero-order valence-electron chi connectivity index (χ0n) is 19.8. The van der Waals surface area contributed by atoms with E-state index in [9.17, 15) is 9.59 Å². The molecule has 0 aliphatic rings. The molecular weight excluding hydrogens is 438 g/mol. The third kappa shape index (κ3) is 6.58. The first-order valence-electron chi connectivity index (χ1n) is 10.8. The summed E-state index contributed by atoms with van der Waals surface area (Å²) >= 11 is 0. The van der Waals surface area contributed by atoms with Crippen LogP contribution in [0.3, 0.4) is 0 Å². The second kappa shape index (κ2) is 11.9. The molecule has 1 aromatic heterocycles. The third-order valence-corrected chi connectivity index (χ3v) is 5.10. The molecule has 0 fully saturated rings. The molecule has 2 N–H and O–H groups in total. The van der Waals surface area contributed by atoms with E-state index in [2.05, 4.69) is 15.6 Å². The zero-order chi connectivity index (χ0) is 24.5. The first kappa shape index (κ1) is 24.8. The van der Waals surface area contributed by atoms with Crippen molar-refractivity contribution in [3.63, 3.8) is 0 Å². The van der Waals surface area contributed by atoms with E-state index in [1.165, 1.54) is 7.11 Å². The maximum atomic E-state index is 12.4. The van der Waals surface area contributed by atoms with E-state index in [-0.39, 0.29) is 25.0 Å². The average Bonchev–Trinajstić information content (AvgIpc) is 3.22. The van der Waals surface area contributed by atoms with E-state index in [4.69, 9.17) is 18.6 Å². The van der Waals surface area contributed by atoms with E-state index in [0.29, 0.717) is 52.9 Å². The third-order valence-electron chi connectivity index (χ3n) is 5.10. The Morgan fingerprint density at radius 1 is 1.00 bits per heavy atom. The number of amides is 2. The minimum atomic E-state index is -0.250. The Hall–Kier alpha value is -3.85. The average molecular weight is 468 g/mol. The number of aryl methyl sites for hydroxylation is 2. The van der Waals surface area contributed by atoms with E-state index in [1.54, 1.807) is 39.3 Å². The molecule has 1 heterocycles. The highest BCUT2D eigenvalue weighted by atomic mass is 16.5. The molecule has 0 unspecified atom stereocenters. The topological polar surface area (TPSA) is 112 Å². The molecule has 34 heavy (non-hydrogen) atoms. The molecule has 2 amide bonds. The van der Waals surface area contributed by atoms with Crippen molar-refractivity contribution in [1.29, 1.82) is 0 Å². The number of rotatable bonds is 11. The predicted molar refractivity (Wildman–Crippen MR) is 127 cm³/mol. The van der Waals surface area contributed by atoms with Crippen molar-refractivity contribution in [1.82, 2.24) is 10.3 Å². The summed E-state index contributed by atoms with van der Waals surface area (Å²) in [5.41, 5.74) is 2.94. The predicted octanol–water partition coefficient (Wildman–Crippen LogP) is 3.50. The van der Waals surface area contributed by atoms with Gasteiger partial charge in [-0.05, 0) is 49.2 Å². The molecule has 9 heteroatoms. The molecule has 180 valence electrons. The van der Waals surface area contributed by atoms with Crippen LogP contribution in [-0.4, -0.2) is 44.7 Å². The molecule has 0 radical (unpaired) electrons. The van der Waals surface area contributed by atoms with E-state index in [1.807, 2.05) is 24.3 Å². The molecule has 0 aliphatic heterocycles. The molecule has 0 saturated carbocycles. The number of aromatic nitrogens is 1. The van der Waals surface area contributed by atoms with Crippen molar-refractivity contribution in [3.8, 4) is 23.0 Å². The lowest BCUT2D eigenvalue weighted by molar-refractivity contribution is -0.121. The molecule has 3 rings (SSSR count). The van der Waals surface area contributed by atoms with Crippen LogP contribution in [0.4, 0.5) is 5.69 Å². The van der Waals surface area contributed by atoms with Crippen LogP contribution in [0.2, 0.25) is 0 Å². The summed E-state index contributed by atoms with van der Waals surface area (Å²) in [6, 6.07) is 12.8. The normalized spacial score (nSPS) is 10.6. The van der Waals surface area contributed by atoms with Gasteiger partial charge in [0.2, 0.25) is 17.7 Å². The zero-order valence-corrected chi connectivity index (χ0v) is 19.8. The summed E-state index contributed by atoms with van der Waals surface area (Å²) in [4.78, 5) is 28.6. The van der Waals surface area contributed by atoms with Gasteiger partial charge in [0.15, 0.2) is 11.5 Å². The van der Waals surface area contributed by atoms with Crippen LogP contribution >= 0.6 is 0 Å². The van der Waals surface area contributed by atoms with Gasteiger partial charge in [-0.25, -0.2) is 4.98 Å². The Kier molecular flexibility index (Phi) is 8.64. The Morgan fingerprint density at radius 2 is 1.79 bits per heavy atom. The number of methoxy groups -OCH3 is 3. The maximum Gasteiger partial charge on any atom is 0.250 e. The minimum Gasteiger partial charge on any atom is -0.493 e. The fourth-order valence-electron chi connectivity index (χ4n) is 3.34. The lowest BCUT2D eigenvalue weighted by Gasteiger charge is -2.09. The van der Waals surface area contributed by atoms with Crippen LogP contribution in [0.25, 0.3) is 11.5 Å². The smallest absolute Gasteiger partial charge is 0.250 e. The highest BCUT2D eigenvalue weighted by Crippen LogP contribution is 2.28. The highest BCUT2D eigenvalue weighted by molar-refractivity contribution is 5.92. The number of ether oxygens (including phenoxy) is 3. The molecule has 0 aliphatic carbocycles. The van der Waals surface area contributed by atoms with Crippen LogP contribution in [0, 0.1) is 6.92 Å². The van der Waals surface area contributed by atoms with Gasteiger partial charge in [0, 0.05) is 24.8 Å². The molecule has 0 bridgehead atoms. The molecule has 0 atom stereocenters. The Balaban J connectivity index is 1.57. The van der Waals surface area contributed by atoms with E-state index in [0.717, 1.165) is 5.56 Å². The monoisotopic (exact) mass is 467 g/mol. The molecule has 0 saturated heterocycles. The Labute approximate surface area is 198 Å². The SMILES string of the molecule is COCC(=O)Nc1cccc(-c2nc(CNC(=O)CCc3ccc(OC)c(OC)c3)c(C)o2)c1. The van der Waals surface area contributed by atoms with E-state index >= 15 is 0 Å². The number of oxazole rings is 1. The summed E-state index contributed by atoms with van der Waals surface area (Å²) in [6.07, 6.45) is 0.888. The van der Waals surface area contributed by atoms with Crippen LogP contribution in [0.1, 0.15) is 23.4 Å². The standard InChI is InChI=1S/C25H29N3O6/c1-16-20(14-26-23(29)11-9-17-8-10-21(32-3)22(12-17)33-4)28-25(34-16)18-6-5-7-19(13-18)27-24(30)15-31-2/h5-8,10,12-13H,9,11,14-15H2,1-4H3,(H,26,29)(H,27,30). The summed E-state index contributed by atoms with van der Waals surface area (Å²) in [5.74, 6) is 1.96. The van der Waals surface area contributed by atoms with Gasteiger partial charge in [-0.3, -0.25) is 9.59 Å². The minimum absolute atomic E-state index is 0.0296.